The molecule has 0 unspecified atom stereocenters. The van der Waals surface area contributed by atoms with Gasteiger partial charge in [0, 0.05) is 19.2 Å². The van der Waals surface area contributed by atoms with Gasteiger partial charge in [-0.15, -0.1) is 0 Å². The number of hydrogen-bond acceptors (Lipinski definition) is 6. The highest BCUT2D eigenvalue weighted by molar-refractivity contribution is 7.89. The number of benzene rings is 2. The van der Waals surface area contributed by atoms with Crippen molar-refractivity contribution >= 4 is 27.3 Å². The Kier molecular flexibility index (Phi) is 7.61. The van der Waals surface area contributed by atoms with Crippen LogP contribution in [0.25, 0.3) is 0 Å². The van der Waals surface area contributed by atoms with Crippen molar-refractivity contribution in [1.29, 1.82) is 0 Å². The Hall–Kier alpha value is -2.36. The molecule has 8 nitrogen and oxygen atoms in total. The van der Waals surface area contributed by atoms with Crippen LogP contribution in [-0.4, -0.2) is 43.9 Å². The number of nitrogens with zero attached hydrogens (tertiary/aromatic N) is 2. The predicted molar refractivity (Wildman–Crippen MR) is 106 cm³/mol. The topological polar surface area (TPSA) is 99.0 Å². The molecule has 0 fully saturated rings. The van der Waals surface area contributed by atoms with E-state index in [1.807, 2.05) is 0 Å². The summed E-state index contributed by atoms with van der Waals surface area (Å²) in [6, 6.07) is 10.5. The molecule has 0 bridgehead atoms. The van der Waals surface area contributed by atoms with Gasteiger partial charge in [0.05, 0.1) is 14.8 Å². The summed E-state index contributed by atoms with van der Waals surface area (Å²) in [6.45, 7) is 4.07. The van der Waals surface area contributed by atoms with Crippen molar-refractivity contribution in [3.8, 4) is 11.5 Å². The van der Waals surface area contributed by atoms with Crippen LogP contribution in [-0.2, 0) is 10.0 Å². The quantitative estimate of drug-likeness (QED) is 0.324. The summed E-state index contributed by atoms with van der Waals surface area (Å²) in [5, 5.41) is 11.8. The molecule has 2 aromatic carbocycles. The van der Waals surface area contributed by atoms with Gasteiger partial charge in [-0.25, -0.2) is 8.42 Å². The third kappa shape index (κ3) is 5.12. The molecule has 0 heterocycles. The predicted octanol–water partition coefficient (Wildman–Crippen LogP) is 3.74. The molecule has 28 heavy (non-hydrogen) atoms. The summed E-state index contributed by atoms with van der Waals surface area (Å²) >= 11 is 5.98. The van der Waals surface area contributed by atoms with Gasteiger partial charge in [0.15, 0.2) is 5.75 Å². The Morgan fingerprint density at radius 2 is 1.64 bits per heavy atom. The molecule has 0 spiro atoms. The van der Waals surface area contributed by atoms with Gasteiger partial charge >= 0.3 is 5.69 Å². The second-order valence-electron chi connectivity index (χ2n) is 5.60. The number of nitro groups is 1. The number of nitro benzene ring substituents is 1. The summed E-state index contributed by atoms with van der Waals surface area (Å²) in [5.41, 5.74) is -0.425. The second-order valence-corrected chi connectivity index (χ2v) is 7.95. The Labute approximate surface area is 168 Å². The lowest BCUT2D eigenvalue weighted by molar-refractivity contribution is -0.386. The van der Waals surface area contributed by atoms with Gasteiger partial charge in [-0.2, -0.15) is 4.31 Å². The van der Waals surface area contributed by atoms with E-state index in [1.165, 1.54) is 16.4 Å². The van der Waals surface area contributed by atoms with Crippen molar-refractivity contribution in [2.75, 3.05) is 26.3 Å². The Bertz CT molecular complexity index is 931. The Morgan fingerprint density at radius 3 is 2.21 bits per heavy atom. The summed E-state index contributed by atoms with van der Waals surface area (Å²) in [5.74, 6) is 0.439. The molecule has 0 aliphatic carbocycles. The first-order chi connectivity index (χ1) is 13.3. The Balaban J connectivity index is 2.13. The van der Waals surface area contributed by atoms with E-state index in [1.54, 1.807) is 38.1 Å². The van der Waals surface area contributed by atoms with E-state index in [0.29, 0.717) is 10.8 Å². The fourth-order valence-corrected chi connectivity index (χ4v) is 4.17. The van der Waals surface area contributed by atoms with Crippen molar-refractivity contribution in [1.82, 2.24) is 4.31 Å². The molecule has 2 aromatic rings. The van der Waals surface area contributed by atoms with E-state index in [9.17, 15) is 18.5 Å². The van der Waals surface area contributed by atoms with Crippen molar-refractivity contribution in [3.05, 3.63) is 57.6 Å². The molecule has 0 atom stereocenters. The van der Waals surface area contributed by atoms with Crippen LogP contribution in [0.2, 0.25) is 5.02 Å². The zero-order valence-electron chi connectivity index (χ0n) is 15.5. The van der Waals surface area contributed by atoms with Crippen LogP contribution in [0, 0.1) is 10.1 Å². The van der Waals surface area contributed by atoms with Crippen molar-refractivity contribution in [3.63, 3.8) is 0 Å². The maximum Gasteiger partial charge on any atom is 0.312 e. The van der Waals surface area contributed by atoms with Gasteiger partial charge in [-0.05, 0) is 24.3 Å². The lowest BCUT2D eigenvalue weighted by Gasteiger charge is -2.18. The maximum absolute atomic E-state index is 12.6. The summed E-state index contributed by atoms with van der Waals surface area (Å²) in [7, 11) is -3.81. The monoisotopic (exact) mass is 428 g/mol. The number of hydrogen-bond donors (Lipinski definition) is 0. The average Bonchev–Trinajstić information content (AvgIpc) is 2.67. The van der Waals surface area contributed by atoms with Gasteiger partial charge in [-0.3, -0.25) is 10.1 Å². The van der Waals surface area contributed by atoms with Crippen LogP contribution in [0.3, 0.4) is 0 Å². The highest BCUT2D eigenvalue weighted by Crippen LogP contribution is 2.31. The smallest absolute Gasteiger partial charge is 0.312 e. The molecule has 152 valence electrons. The SMILES string of the molecule is CCN(CC)S(=O)(=O)c1ccc(OCCOc2ccccc2Cl)c([N+](=O)[O-])c1. The summed E-state index contributed by atoms with van der Waals surface area (Å²) in [6.07, 6.45) is 0. The molecule has 0 N–H and O–H groups in total. The highest BCUT2D eigenvalue weighted by atomic mass is 35.5. The lowest BCUT2D eigenvalue weighted by Crippen LogP contribution is -2.30. The van der Waals surface area contributed by atoms with Crippen molar-refractivity contribution < 1.29 is 22.8 Å². The van der Waals surface area contributed by atoms with Gasteiger partial charge < -0.3 is 9.47 Å². The van der Waals surface area contributed by atoms with Crippen LogP contribution in [0.4, 0.5) is 5.69 Å². The minimum atomic E-state index is -3.81. The van der Waals surface area contributed by atoms with Crippen LogP contribution in [0.1, 0.15) is 13.8 Å². The van der Waals surface area contributed by atoms with E-state index in [0.717, 1.165) is 6.07 Å². The maximum atomic E-state index is 12.6. The van der Waals surface area contributed by atoms with E-state index in [2.05, 4.69) is 0 Å². The fraction of sp³-hybridized carbons (Fsp3) is 0.333. The van der Waals surface area contributed by atoms with E-state index in [-0.39, 0.29) is 36.9 Å². The van der Waals surface area contributed by atoms with Crippen LogP contribution in [0.5, 0.6) is 11.5 Å². The molecule has 0 radical (unpaired) electrons. The molecular weight excluding hydrogens is 408 g/mol. The molecule has 0 saturated heterocycles. The first-order valence-electron chi connectivity index (χ1n) is 8.60. The molecule has 0 aliphatic rings. The highest BCUT2D eigenvalue weighted by Gasteiger charge is 2.26. The first kappa shape index (κ1) is 21.9. The van der Waals surface area contributed by atoms with Gasteiger partial charge in [0.2, 0.25) is 10.0 Å². The molecule has 0 amide bonds. The van der Waals surface area contributed by atoms with E-state index >= 15 is 0 Å². The van der Waals surface area contributed by atoms with Crippen LogP contribution >= 0.6 is 11.6 Å². The zero-order valence-corrected chi connectivity index (χ0v) is 17.1. The average molecular weight is 429 g/mol. The molecule has 0 aromatic heterocycles. The number of para-hydroxylation sites is 1. The van der Waals surface area contributed by atoms with Crippen LogP contribution in [0.15, 0.2) is 47.4 Å². The molecular formula is C18H21ClN2O6S. The number of sulfonamides is 1. The van der Waals surface area contributed by atoms with E-state index < -0.39 is 20.6 Å². The van der Waals surface area contributed by atoms with Crippen LogP contribution < -0.4 is 9.47 Å². The second kappa shape index (κ2) is 9.72. The zero-order chi connectivity index (χ0) is 20.7. The fourth-order valence-electron chi connectivity index (χ4n) is 2.50. The molecule has 0 aliphatic heterocycles. The minimum Gasteiger partial charge on any atom is -0.488 e. The van der Waals surface area contributed by atoms with Gasteiger partial charge in [-0.1, -0.05) is 37.6 Å². The lowest BCUT2D eigenvalue weighted by atomic mass is 10.3. The largest absolute Gasteiger partial charge is 0.488 e. The minimum absolute atomic E-state index is 0.0220. The number of rotatable bonds is 10. The summed E-state index contributed by atoms with van der Waals surface area (Å²) in [4.78, 5) is 10.6. The van der Waals surface area contributed by atoms with E-state index in [4.69, 9.17) is 21.1 Å². The third-order valence-electron chi connectivity index (χ3n) is 3.91. The van der Waals surface area contributed by atoms with Crippen molar-refractivity contribution in [2.24, 2.45) is 0 Å². The molecule has 2 rings (SSSR count). The summed E-state index contributed by atoms with van der Waals surface area (Å²) < 4.78 is 37.2. The van der Waals surface area contributed by atoms with Gasteiger partial charge in [0.1, 0.15) is 19.0 Å². The molecule has 10 heteroatoms. The molecule has 0 saturated carbocycles. The number of ether oxygens (including phenoxy) is 2. The Morgan fingerprint density at radius 1 is 1.04 bits per heavy atom. The first-order valence-corrected chi connectivity index (χ1v) is 10.4. The van der Waals surface area contributed by atoms with Crippen molar-refractivity contribution in [2.45, 2.75) is 18.7 Å². The van der Waals surface area contributed by atoms with Gasteiger partial charge in [0.25, 0.3) is 0 Å². The standard InChI is InChI=1S/C18H21ClN2O6S/c1-3-20(4-2)28(24,25)14-9-10-18(16(13-14)21(22)23)27-12-11-26-17-8-6-5-7-15(17)19/h5-10,13H,3-4,11-12H2,1-2H3. The third-order valence-corrected chi connectivity index (χ3v) is 6.26. The normalized spacial score (nSPS) is 11.4. The number of halogens is 1.